The molecule has 0 spiro atoms. The van der Waals surface area contributed by atoms with E-state index >= 15 is 0 Å². The molecule has 9 heteroatoms. The van der Waals surface area contributed by atoms with Crippen molar-refractivity contribution >= 4 is 41.0 Å². The number of piperidine rings is 1. The van der Waals surface area contributed by atoms with Crippen LogP contribution >= 0.6 is 24.0 Å². The topological polar surface area (TPSA) is 81.8 Å². The lowest BCUT2D eigenvalue weighted by Gasteiger charge is -2.27. The van der Waals surface area contributed by atoms with E-state index in [1.54, 1.807) is 12.4 Å². The Morgan fingerprint density at radius 2 is 2.07 bits per heavy atom. The minimum atomic E-state index is 0. The summed E-state index contributed by atoms with van der Waals surface area (Å²) < 4.78 is 0. The van der Waals surface area contributed by atoms with E-state index in [1.807, 2.05) is 18.3 Å². The van der Waals surface area contributed by atoms with E-state index in [0.29, 0.717) is 17.0 Å². The van der Waals surface area contributed by atoms with E-state index < -0.39 is 0 Å². The summed E-state index contributed by atoms with van der Waals surface area (Å²) >= 11 is 6.44. The fraction of sp³-hybridized carbons (Fsp3) is 0.476. The lowest BCUT2D eigenvalue weighted by molar-refractivity contribution is 0.239. The van der Waals surface area contributed by atoms with Crippen LogP contribution < -0.4 is 10.6 Å². The Balaban J connectivity index is 0.00000218. The van der Waals surface area contributed by atoms with Gasteiger partial charge < -0.3 is 20.5 Å². The number of halogens is 2. The summed E-state index contributed by atoms with van der Waals surface area (Å²) in [5, 5.41) is 8.52. The van der Waals surface area contributed by atoms with Gasteiger partial charge in [-0.3, -0.25) is 0 Å². The van der Waals surface area contributed by atoms with E-state index in [0.717, 1.165) is 60.8 Å². The van der Waals surface area contributed by atoms with Gasteiger partial charge in [0.15, 0.2) is 0 Å². The van der Waals surface area contributed by atoms with Gasteiger partial charge in [0.2, 0.25) is 5.95 Å². The summed E-state index contributed by atoms with van der Waals surface area (Å²) in [6.45, 7) is 5.70. The third kappa shape index (κ3) is 4.54. The number of H-pyrrole nitrogens is 1. The number of hydrogen-bond acceptors (Lipinski definition) is 6. The maximum atomic E-state index is 6.44. The van der Waals surface area contributed by atoms with Gasteiger partial charge in [0, 0.05) is 49.0 Å². The molecule has 7 nitrogen and oxygen atoms in total. The van der Waals surface area contributed by atoms with Crippen molar-refractivity contribution < 1.29 is 0 Å². The van der Waals surface area contributed by atoms with Gasteiger partial charge in [-0.2, -0.15) is 0 Å². The number of anilines is 1. The number of pyridine rings is 1. The predicted molar refractivity (Wildman–Crippen MR) is 123 cm³/mol. The third-order valence-electron chi connectivity index (χ3n) is 6.03. The van der Waals surface area contributed by atoms with Gasteiger partial charge in [-0.25, -0.2) is 15.0 Å². The molecule has 5 heterocycles. The van der Waals surface area contributed by atoms with Gasteiger partial charge >= 0.3 is 0 Å². The van der Waals surface area contributed by atoms with Gasteiger partial charge in [-0.15, -0.1) is 12.4 Å². The maximum absolute atomic E-state index is 6.44. The second kappa shape index (κ2) is 9.47. The van der Waals surface area contributed by atoms with Gasteiger partial charge in [-0.05, 0) is 50.4 Å². The lowest BCUT2D eigenvalue weighted by atomic mass is 9.98. The van der Waals surface area contributed by atoms with E-state index in [1.165, 1.54) is 19.4 Å². The van der Waals surface area contributed by atoms with Crippen LogP contribution in [0.25, 0.3) is 22.3 Å². The van der Waals surface area contributed by atoms with Gasteiger partial charge in [0.25, 0.3) is 0 Å². The normalized spacial score (nSPS) is 20.4. The van der Waals surface area contributed by atoms with Crippen LogP contribution in [-0.4, -0.2) is 63.6 Å². The predicted octanol–water partition coefficient (Wildman–Crippen LogP) is 3.58. The summed E-state index contributed by atoms with van der Waals surface area (Å²) in [4.78, 5) is 19.3. The van der Waals surface area contributed by atoms with E-state index in [2.05, 4.69) is 30.5 Å². The summed E-state index contributed by atoms with van der Waals surface area (Å²) in [5.41, 5.74) is 2.51. The van der Waals surface area contributed by atoms with Crippen LogP contribution in [0.3, 0.4) is 0 Å². The molecule has 3 aromatic heterocycles. The number of fused-ring (bicyclic) bond motifs is 1. The minimum Gasteiger partial charge on any atom is -0.350 e. The number of rotatable bonds is 5. The Kier molecular flexibility index (Phi) is 6.73. The van der Waals surface area contributed by atoms with Crippen molar-refractivity contribution in [2.75, 3.05) is 38.0 Å². The zero-order chi connectivity index (χ0) is 19.6. The molecular formula is C21H27Cl2N7. The van der Waals surface area contributed by atoms with Crippen LogP contribution in [-0.2, 0) is 0 Å². The first-order valence-electron chi connectivity index (χ1n) is 10.4. The van der Waals surface area contributed by atoms with Crippen LogP contribution in [0.4, 0.5) is 5.95 Å². The number of hydrogen-bond donors (Lipinski definition) is 3. The molecule has 5 rings (SSSR count). The molecular weight excluding hydrogens is 421 g/mol. The highest BCUT2D eigenvalue weighted by molar-refractivity contribution is 6.33. The molecule has 2 fully saturated rings. The first-order chi connectivity index (χ1) is 14.3. The molecule has 3 aromatic rings. The van der Waals surface area contributed by atoms with Crippen LogP contribution in [0.5, 0.6) is 0 Å². The highest BCUT2D eigenvalue weighted by Gasteiger charge is 2.26. The minimum absolute atomic E-state index is 0. The number of aromatic amines is 1. The van der Waals surface area contributed by atoms with Crippen molar-refractivity contribution in [2.45, 2.75) is 25.3 Å². The van der Waals surface area contributed by atoms with Crippen LogP contribution in [0.2, 0.25) is 5.02 Å². The van der Waals surface area contributed by atoms with Crippen molar-refractivity contribution in [3.05, 3.63) is 35.7 Å². The quantitative estimate of drug-likeness (QED) is 0.554. The van der Waals surface area contributed by atoms with Crippen LogP contribution in [0, 0.1) is 5.92 Å². The Morgan fingerprint density at radius 1 is 1.20 bits per heavy atom. The van der Waals surface area contributed by atoms with E-state index in [4.69, 9.17) is 16.6 Å². The first kappa shape index (κ1) is 21.3. The molecule has 0 radical (unpaired) electrons. The highest BCUT2D eigenvalue weighted by atomic mass is 35.5. The zero-order valence-electron chi connectivity index (χ0n) is 16.8. The Hall–Kier alpha value is -1.93. The third-order valence-corrected chi connectivity index (χ3v) is 6.31. The Morgan fingerprint density at radius 3 is 2.93 bits per heavy atom. The van der Waals surface area contributed by atoms with Gasteiger partial charge in [-0.1, -0.05) is 11.6 Å². The standard InChI is InChI=1S/C21H26ClN7.ClH/c22-18-11-26-21(28-19(18)17-10-25-20-16(17)2-1-6-24-20)27-15-5-9-29(13-15)12-14-3-7-23-8-4-14;/h1-2,6,10-11,14-15,23H,3-5,7-9,12-13H2,(H,24,25)(H,26,27,28);1H/t15-;/m1./s1. The molecule has 2 aliphatic rings. The molecule has 160 valence electrons. The molecule has 0 amide bonds. The molecule has 0 unspecified atom stereocenters. The summed E-state index contributed by atoms with van der Waals surface area (Å²) in [6.07, 6.45) is 9.06. The van der Waals surface area contributed by atoms with Crippen molar-refractivity contribution in [3.63, 3.8) is 0 Å². The monoisotopic (exact) mass is 447 g/mol. The highest BCUT2D eigenvalue weighted by Crippen LogP contribution is 2.32. The molecule has 3 N–H and O–H groups in total. The van der Waals surface area contributed by atoms with E-state index in [9.17, 15) is 0 Å². The molecule has 30 heavy (non-hydrogen) atoms. The smallest absolute Gasteiger partial charge is 0.223 e. The molecule has 1 atom stereocenters. The molecule has 0 bridgehead atoms. The number of nitrogens with one attached hydrogen (secondary N) is 3. The van der Waals surface area contributed by atoms with E-state index in [-0.39, 0.29) is 12.4 Å². The summed E-state index contributed by atoms with van der Waals surface area (Å²) in [5.74, 6) is 1.46. The molecule has 2 saturated heterocycles. The summed E-state index contributed by atoms with van der Waals surface area (Å²) in [6, 6.07) is 4.31. The van der Waals surface area contributed by atoms with Crippen LogP contribution in [0.15, 0.2) is 30.7 Å². The largest absolute Gasteiger partial charge is 0.350 e. The maximum Gasteiger partial charge on any atom is 0.223 e. The molecule has 0 aromatic carbocycles. The lowest BCUT2D eigenvalue weighted by Crippen LogP contribution is -2.36. The zero-order valence-corrected chi connectivity index (χ0v) is 18.3. The van der Waals surface area contributed by atoms with Crippen molar-refractivity contribution in [1.29, 1.82) is 0 Å². The second-order valence-corrected chi connectivity index (χ2v) is 8.48. The fourth-order valence-electron chi connectivity index (χ4n) is 4.51. The number of nitrogens with zero attached hydrogens (tertiary/aromatic N) is 4. The summed E-state index contributed by atoms with van der Waals surface area (Å²) in [7, 11) is 0. The average Bonchev–Trinajstić information content (AvgIpc) is 3.37. The fourth-order valence-corrected chi connectivity index (χ4v) is 4.70. The van der Waals surface area contributed by atoms with Crippen molar-refractivity contribution in [2.24, 2.45) is 5.92 Å². The Labute approximate surface area is 187 Å². The van der Waals surface area contributed by atoms with Gasteiger partial charge in [0.05, 0.1) is 16.9 Å². The Bertz CT molecular complexity index is 986. The SMILES string of the molecule is Cl.Clc1cnc(N[C@@H]2CCN(CC3CCNCC3)C2)nc1-c1c[nH]c2ncccc12. The van der Waals surface area contributed by atoms with Crippen LogP contribution in [0.1, 0.15) is 19.3 Å². The number of aromatic nitrogens is 4. The average molecular weight is 448 g/mol. The van der Waals surface area contributed by atoms with Crippen molar-refractivity contribution in [3.8, 4) is 11.3 Å². The van der Waals surface area contributed by atoms with Gasteiger partial charge in [0.1, 0.15) is 5.65 Å². The molecule has 0 aliphatic carbocycles. The van der Waals surface area contributed by atoms with Crippen molar-refractivity contribution in [1.82, 2.24) is 30.2 Å². The number of likely N-dealkylation sites (tertiary alicyclic amines) is 1. The first-order valence-corrected chi connectivity index (χ1v) is 10.8. The molecule has 2 aliphatic heterocycles. The molecule has 0 saturated carbocycles. The second-order valence-electron chi connectivity index (χ2n) is 8.07.